The van der Waals surface area contributed by atoms with Gasteiger partial charge in [-0.3, -0.25) is 4.79 Å². The Balaban J connectivity index is 1.95. The fraction of sp³-hybridized carbons (Fsp3) is 0.571. The van der Waals surface area contributed by atoms with E-state index in [2.05, 4.69) is 11.9 Å². The highest BCUT2D eigenvalue weighted by atomic mass is 32.1. The second-order valence-corrected chi connectivity index (χ2v) is 6.84. The maximum absolute atomic E-state index is 12.3. The maximum Gasteiger partial charge on any atom is 0.259 e. The van der Waals surface area contributed by atoms with E-state index in [1.165, 1.54) is 29.7 Å². The van der Waals surface area contributed by atoms with Gasteiger partial charge in [0.05, 0.1) is 5.39 Å². The van der Waals surface area contributed by atoms with Crippen molar-refractivity contribution in [1.82, 2.24) is 9.97 Å². The van der Waals surface area contributed by atoms with Crippen LogP contribution in [0.5, 0.6) is 0 Å². The van der Waals surface area contributed by atoms with Crippen LogP contribution in [0.4, 0.5) is 0 Å². The zero-order chi connectivity index (χ0) is 12.3. The average Bonchev–Trinajstić information content (AvgIpc) is 3.10. The Kier molecular flexibility index (Phi) is 2.19. The number of nitrogens with zero attached hydrogens (tertiary/aromatic N) is 1. The van der Waals surface area contributed by atoms with E-state index in [9.17, 15) is 4.79 Å². The first-order chi connectivity index (χ1) is 8.72. The molecule has 2 aromatic rings. The minimum atomic E-state index is 0.0916. The third-order valence-corrected chi connectivity index (χ3v) is 5.30. The summed E-state index contributed by atoms with van der Waals surface area (Å²) in [7, 11) is 0. The normalized spacial score (nSPS) is 23.3. The number of aryl methyl sites for hydroxylation is 1. The Bertz CT molecular complexity index is 681. The minimum Gasteiger partial charge on any atom is -0.310 e. The molecule has 94 valence electrons. The lowest BCUT2D eigenvalue weighted by Crippen LogP contribution is -2.14. The van der Waals surface area contributed by atoms with E-state index in [1.54, 1.807) is 11.3 Å². The molecule has 3 nitrogen and oxygen atoms in total. The van der Waals surface area contributed by atoms with Crippen LogP contribution < -0.4 is 5.56 Å². The van der Waals surface area contributed by atoms with E-state index in [4.69, 9.17) is 4.98 Å². The summed E-state index contributed by atoms with van der Waals surface area (Å²) in [6.45, 7) is 2.29. The molecule has 4 rings (SSSR count). The highest BCUT2D eigenvalue weighted by Gasteiger charge is 2.28. The molecule has 0 aromatic carbocycles. The summed E-state index contributed by atoms with van der Waals surface area (Å²) in [6.07, 6.45) is 5.72. The van der Waals surface area contributed by atoms with Gasteiger partial charge in [0.1, 0.15) is 10.7 Å². The van der Waals surface area contributed by atoms with Gasteiger partial charge in [-0.15, -0.1) is 11.3 Å². The van der Waals surface area contributed by atoms with Crippen molar-refractivity contribution < 1.29 is 0 Å². The Morgan fingerprint density at radius 2 is 2.17 bits per heavy atom. The summed E-state index contributed by atoms with van der Waals surface area (Å²) in [5, 5.41) is 0.881. The van der Waals surface area contributed by atoms with Gasteiger partial charge in [-0.05, 0) is 43.6 Å². The van der Waals surface area contributed by atoms with Crippen LogP contribution in [0.15, 0.2) is 4.79 Å². The van der Waals surface area contributed by atoms with E-state index < -0.39 is 0 Å². The number of hydrogen-bond donors (Lipinski definition) is 1. The van der Waals surface area contributed by atoms with Crippen LogP contribution in [-0.2, 0) is 12.8 Å². The first-order valence-electron chi connectivity index (χ1n) is 6.77. The Morgan fingerprint density at radius 3 is 2.94 bits per heavy atom. The molecular weight excluding hydrogens is 244 g/mol. The quantitative estimate of drug-likeness (QED) is 0.856. The second kappa shape index (κ2) is 3.67. The summed E-state index contributed by atoms with van der Waals surface area (Å²) in [6, 6.07) is 0. The van der Waals surface area contributed by atoms with Gasteiger partial charge < -0.3 is 4.98 Å². The lowest BCUT2D eigenvalue weighted by molar-refractivity contribution is 0.509. The summed E-state index contributed by atoms with van der Waals surface area (Å²) in [5.74, 6) is 2.17. The van der Waals surface area contributed by atoms with Crippen molar-refractivity contribution in [3.8, 4) is 0 Å². The van der Waals surface area contributed by atoms with Gasteiger partial charge in [-0.1, -0.05) is 6.92 Å². The summed E-state index contributed by atoms with van der Waals surface area (Å²) < 4.78 is 0. The van der Waals surface area contributed by atoms with Gasteiger partial charge in [0.25, 0.3) is 5.56 Å². The SMILES string of the molecule is CC1CCc2c(sc3nc(C4CC4)[nH]c(=O)c23)C1. The van der Waals surface area contributed by atoms with Crippen LogP contribution in [0.25, 0.3) is 10.2 Å². The van der Waals surface area contributed by atoms with Crippen molar-refractivity contribution in [2.24, 2.45) is 5.92 Å². The fourth-order valence-corrected chi connectivity index (χ4v) is 4.31. The predicted octanol–water partition coefficient (Wildman–Crippen LogP) is 2.99. The van der Waals surface area contributed by atoms with Crippen molar-refractivity contribution in [2.75, 3.05) is 0 Å². The van der Waals surface area contributed by atoms with Gasteiger partial charge in [0.15, 0.2) is 0 Å². The third kappa shape index (κ3) is 1.55. The lowest BCUT2D eigenvalue weighted by atomic mass is 9.89. The lowest BCUT2D eigenvalue weighted by Gasteiger charge is -2.17. The third-order valence-electron chi connectivity index (χ3n) is 4.15. The molecule has 1 atom stereocenters. The van der Waals surface area contributed by atoms with Gasteiger partial charge in [-0.2, -0.15) is 0 Å². The van der Waals surface area contributed by atoms with E-state index in [1.807, 2.05) is 0 Å². The first-order valence-corrected chi connectivity index (χ1v) is 7.58. The van der Waals surface area contributed by atoms with Crippen LogP contribution in [0, 0.1) is 5.92 Å². The van der Waals surface area contributed by atoms with Gasteiger partial charge in [0.2, 0.25) is 0 Å². The molecule has 0 radical (unpaired) electrons. The van der Waals surface area contributed by atoms with Crippen LogP contribution in [-0.4, -0.2) is 9.97 Å². The molecule has 1 fully saturated rings. The molecule has 1 unspecified atom stereocenters. The van der Waals surface area contributed by atoms with Crippen LogP contribution in [0.3, 0.4) is 0 Å². The number of aromatic amines is 1. The molecule has 2 aliphatic carbocycles. The number of fused-ring (bicyclic) bond motifs is 3. The fourth-order valence-electron chi connectivity index (χ4n) is 2.92. The summed E-state index contributed by atoms with van der Waals surface area (Å²) in [4.78, 5) is 22.3. The van der Waals surface area contributed by atoms with Crippen molar-refractivity contribution in [1.29, 1.82) is 0 Å². The van der Waals surface area contributed by atoms with Gasteiger partial charge in [-0.25, -0.2) is 4.98 Å². The summed E-state index contributed by atoms with van der Waals surface area (Å²) >= 11 is 1.75. The first kappa shape index (κ1) is 10.7. The number of rotatable bonds is 1. The smallest absolute Gasteiger partial charge is 0.259 e. The molecule has 0 amide bonds. The van der Waals surface area contributed by atoms with E-state index in [0.29, 0.717) is 5.92 Å². The Labute approximate surface area is 109 Å². The van der Waals surface area contributed by atoms with Crippen molar-refractivity contribution >= 4 is 21.6 Å². The molecule has 2 aromatic heterocycles. The molecule has 0 spiro atoms. The maximum atomic E-state index is 12.3. The zero-order valence-corrected chi connectivity index (χ0v) is 11.3. The molecular formula is C14H16N2OS. The Morgan fingerprint density at radius 1 is 1.33 bits per heavy atom. The molecule has 18 heavy (non-hydrogen) atoms. The highest BCUT2D eigenvalue weighted by molar-refractivity contribution is 7.18. The van der Waals surface area contributed by atoms with Crippen LogP contribution >= 0.6 is 11.3 Å². The minimum absolute atomic E-state index is 0.0916. The number of H-pyrrole nitrogens is 1. The standard InChI is InChI=1S/C14H16N2OS/c1-7-2-5-9-10(6-7)18-14-11(9)13(17)15-12(16-14)8-3-4-8/h7-8H,2-6H2,1H3,(H,15,16,17). The summed E-state index contributed by atoms with van der Waals surface area (Å²) in [5.41, 5.74) is 1.37. The molecule has 2 heterocycles. The molecule has 0 aliphatic heterocycles. The molecule has 1 saturated carbocycles. The highest BCUT2D eigenvalue weighted by Crippen LogP contribution is 2.40. The second-order valence-electron chi connectivity index (χ2n) is 5.76. The number of aromatic nitrogens is 2. The topological polar surface area (TPSA) is 45.8 Å². The van der Waals surface area contributed by atoms with Crippen LogP contribution in [0.2, 0.25) is 0 Å². The molecule has 2 aliphatic rings. The molecule has 0 saturated heterocycles. The van der Waals surface area contributed by atoms with Gasteiger partial charge in [0, 0.05) is 10.8 Å². The van der Waals surface area contributed by atoms with Gasteiger partial charge >= 0.3 is 0 Å². The Hall–Kier alpha value is -1.16. The van der Waals surface area contributed by atoms with Crippen molar-refractivity contribution in [2.45, 2.75) is 44.9 Å². The monoisotopic (exact) mass is 260 g/mol. The number of hydrogen-bond acceptors (Lipinski definition) is 3. The van der Waals surface area contributed by atoms with E-state index >= 15 is 0 Å². The van der Waals surface area contributed by atoms with Crippen molar-refractivity contribution in [3.05, 3.63) is 26.6 Å². The molecule has 1 N–H and O–H groups in total. The van der Waals surface area contributed by atoms with E-state index in [0.717, 1.165) is 34.8 Å². The molecule has 0 bridgehead atoms. The molecule has 4 heteroatoms. The number of thiophene rings is 1. The average molecular weight is 260 g/mol. The van der Waals surface area contributed by atoms with Crippen molar-refractivity contribution in [3.63, 3.8) is 0 Å². The largest absolute Gasteiger partial charge is 0.310 e. The van der Waals surface area contributed by atoms with Crippen LogP contribution in [0.1, 0.15) is 48.4 Å². The zero-order valence-electron chi connectivity index (χ0n) is 10.5. The van der Waals surface area contributed by atoms with E-state index in [-0.39, 0.29) is 5.56 Å². The predicted molar refractivity (Wildman–Crippen MR) is 73.4 cm³/mol. The number of nitrogens with one attached hydrogen (secondary N) is 1.